The van der Waals surface area contributed by atoms with Crippen molar-refractivity contribution in [2.75, 3.05) is 13.2 Å². The molecular formula is C15H18N2O3S. The number of nitrogens with one attached hydrogen (secondary N) is 1. The fraction of sp³-hybridized carbons (Fsp3) is 0.333. The first kappa shape index (κ1) is 15.5. The number of carbonyl (C=O) groups excluding carboxylic acids is 1. The Labute approximate surface area is 127 Å². The van der Waals surface area contributed by atoms with E-state index in [1.165, 1.54) is 16.9 Å². The van der Waals surface area contributed by atoms with Crippen molar-refractivity contribution in [2.24, 2.45) is 0 Å². The molecule has 2 N–H and O–H groups in total. The number of hydrogen-bond donors (Lipinski definition) is 2. The normalized spacial score (nSPS) is 10.4. The van der Waals surface area contributed by atoms with E-state index in [1.807, 2.05) is 31.2 Å². The van der Waals surface area contributed by atoms with E-state index >= 15 is 0 Å². The summed E-state index contributed by atoms with van der Waals surface area (Å²) < 4.78 is 5.65. The van der Waals surface area contributed by atoms with E-state index in [0.29, 0.717) is 17.2 Å². The van der Waals surface area contributed by atoms with Crippen LogP contribution in [0.1, 0.15) is 25.9 Å². The highest BCUT2D eigenvalue weighted by atomic mass is 32.1. The Morgan fingerprint density at radius 3 is 2.71 bits per heavy atom. The van der Waals surface area contributed by atoms with Crippen LogP contribution in [0.2, 0.25) is 0 Å². The Balaban J connectivity index is 1.98. The maximum absolute atomic E-state index is 11.9. The number of thiazole rings is 1. The standard InChI is InChI=1S/C15H18N2O3S/c1-10-3-5-12(6-4-10)20-9-13-17-11(2)14(21-13)15(19)16-7-8-18/h3-6,18H,7-9H2,1-2H3,(H,16,19). The zero-order chi connectivity index (χ0) is 15.2. The van der Waals surface area contributed by atoms with Gasteiger partial charge in [-0.25, -0.2) is 4.98 Å². The molecule has 0 bridgehead atoms. The lowest BCUT2D eigenvalue weighted by Crippen LogP contribution is -2.26. The number of carbonyl (C=O) groups is 1. The van der Waals surface area contributed by atoms with Gasteiger partial charge in [0.05, 0.1) is 12.3 Å². The van der Waals surface area contributed by atoms with Crippen LogP contribution in [0.15, 0.2) is 24.3 Å². The third kappa shape index (κ3) is 4.27. The van der Waals surface area contributed by atoms with Crippen LogP contribution in [0.25, 0.3) is 0 Å². The van der Waals surface area contributed by atoms with Gasteiger partial charge in [-0.1, -0.05) is 17.7 Å². The van der Waals surface area contributed by atoms with Gasteiger partial charge in [-0.05, 0) is 26.0 Å². The third-order valence-electron chi connectivity index (χ3n) is 2.83. The molecule has 0 spiro atoms. The van der Waals surface area contributed by atoms with Gasteiger partial charge >= 0.3 is 0 Å². The number of aliphatic hydroxyl groups is 1. The second kappa shape index (κ2) is 7.19. The number of hydrogen-bond acceptors (Lipinski definition) is 5. The minimum absolute atomic E-state index is 0.0764. The van der Waals surface area contributed by atoms with E-state index in [-0.39, 0.29) is 19.1 Å². The molecule has 0 saturated heterocycles. The van der Waals surface area contributed by atoms with Crippen LogP contribution >= 0.6 is 11.3 Å². The molecule has 0 atom stereocenters. The van der Waals surface area contributed by atoms with Crippen LogP contribution in [0.3, 0.4) is 0 Å². The fourth-order valence-corrected chi connectivity index (χ4v) is 2.65. The number of nitrogens with zero attached hydrogens (tertiary/aromatic N) is 1. The van der Waals surface area contributed by atoms with Crippen LogP contribution in [-0.4, -0.2) is 29.1 Å². The van der Waals surface area contributed by atoms with Crippen molar-refractivity contribution in [3.05, 3.63) is 45.4 Å². The van der Waals surface area contributed by atoms with Crippen LogP contribution in [0, 0.1) is 13.8 Å². The quantitative estimate of drug-likeness (QED) is 0.857. The summed E-state index contributed by atoms with van der Waals surface area (Å²) in [6.45, 7) is 4.31. The van der Waals surface area contributed by atoms with Crippen molar-refractivity contribution in [1.29, 1.82) is 0 Å². The van der Waals surface area contributed by atoms with E-state index in [1.54, 1.807) is 6.92 Å². The summed E-state index contributed by atoms with van der Waals surface area (Å²) in [5.74, 6) is 0.570. The number of rotatable bonds is 6. The average molecular weight is 306 g/mol. The van der Waals surface area contributed by atoms with Gasteiger partial charge in [0.25, 0.3) is 5.91 Å². The largest absolute Gasteiger partial charge is 0.486 e. The van der Waals surface area contributed by atoms with Gasteiger partial charge in [-0.3, -0.25) is 4.79 Å². The van der Waals surface area contributed by atoms with E-state index in [4.69, 9.17) is 9.84 Å². The topological polar surface area (TPSA) is 71.5 Å². The zero-order valence-corrected chi connectivity index (χ0v) is 12.9. The monoisotopic (exact) mass is 306 g/mol. The highest BCUT2D eigenvalue weighted by molar-refractivity contribution is 7.13. The molecule has 2 rings (SSSR count). The first-order valence-electron chi connectivity index (χ1n) is 6.65. The molecule has 1 amide bonds. The average Bonchev–Trinajstić information content (AvgIpc) is 2.85. The Morgan fingerprint density at radius 2 is 2.05 bits per heavy atom. The van der Waals surface area contributed by atoms with Gasteiger partial charge in [0.1, 0.15) is 22.2 Å². The van der Waals surface area contributed by atoms with Gasteiger partial charge in [0, 0.05) is 6.54 Å². The Morgan fingerprint density at radius 1 is 1.33 bits per heavy atom. The molecule has 1 aromatic heterocycles. The molecule has 5 nitrogen and oxygen atoms in total. The molecule has 0 radical (unpaired) electrons. The van der Waals surface area contributed by atoms with Gasteiger partial charge in [0.15, 0.2) is 0 Å². The van der Waals surface area contributed by atoms with Crippen LogP contribution in [0.4, 0.5) is 0 Å². The van der Waals surface area contributed by atoms with E-state index in [2.05, 4.69) is 10.3 Å². The smallest absolute Gasteiger partial charge is 0.263 e. The first-order chi connectivity index (χ1) is 10.1. The Hall–Kier alpha value is -1.92. The second-order valence-electron chi connectivity index (χ2n) is 4.60. The van der Waals surface area contributed by atoms with Gasteiger partial charge < -0.3 is 15.2 Å². The van der Waals surface area contributed by atoms with E-state index < -0.39 is 0 Å². The predicted molar refractivity (Wildman–Crippen MR) is 81.8 cm³/mol. The lowest BCUT2D eigenvalue weighted by molar-refractivity contribution is 0.0948. The molecule has 0 fully saturated rings. The Bertz CT molecular complexity index is 608. The number of ether oxygens (including phenoxy) is 1. The Kier molecular flexibility index (Phi) is 5.30. The summed E-state index contributed by atoms with van der Waals surface area (Å²) in [5, 5.41) is 12.1. The number of amides is 1. The predicted octanol–water partition coefficient (Wildman–Crippen LogP) is 2.06. The van der Waals surface area contributed by atoms with Crippen molar-refractivity contribution in [3.63, 3.8) is 0 Å². The number of aliphatic hydroxyl groups excluding tert-OH is 1. The highest BCUT2D eigenvalue weighted by Gasteiger charge is 2.15. The zero-order valence-electron chi connectivity index (χ0n) is 12.0. The van der Waals surface area contributed by atoms with Crippen molar-refractivity contribution >= 4 is 17.2 Å². The summed E-state index contributed by atoms with van der Waals surface area (Å²) in [5.41, 5.74) is 1.85. The highest BCUT2D eigenvalue weighted by Crippen LogP contribution is 2.20. The van der Waals surface area contributed by atoms with Crippen LogP contribution < -0.4 is 10.1 Å². The van der Waals surface area contributed by atoms with Gasteiger partial charge in [-0.15, -0.1) is 11.3 Å². The molecule has 0 aliphatic rings. The van der Waals surface area contributed by atoms with Crippen molar-refractivity contribution in [2.45, 2.75) is 20.5 Å². The maximum atomic E-state index is 11.9. The van der Waals surface area contributed by atoms with Gasteiger partial charge in [-0.2, -0.15) is 0 Å². The van der Waals surface area contributed by atoms with Crippen molar-refractivity contribution in [3.8, 4) is 5.75 Å². The summed E-state index contributed by atoms with van der Waals surface area (Å²) in [4.78, 5) is 16.8. The first-order valence-corrected chi connectivity index (χ1v) is 7.46. The molecule has 2 aromatic rings. The molecule has 1 heterocycles. The van der Waals surface area contributed by atoms with Gasteiger partial charge in [0.2, 0.25) is 0 Å². The minimum atomic E-state index is -0.208. The van der Waals surface area contributed by atoms with Crippen molar-refractivity contribution < 1.29 is 14.6 Å². The number of aryl methyl sites for hydroxylation is 2. The molecule has 21 heavy (non-hydrogen) atoms. The van der Waals surface area contributed by atoms with Crippen LogP contribution in [-0.2, 0) is 6.61 Å². The maximum Gasteiger partial charge on any atom is 0.263 e. The minimum Gasteiger partial charge on any atom is -0.486 e. The SMILES string of the molecule is Cc1ccc(OCc2nc(C)c(C(=O)NCCO)s2)cc1. The van der Waals surface area contributed by atoms with E-state index in [9.17, 15) is 4.79 Å². The molecule has 0 aliphatic heterocycles. The number of benzene rings is 1. The molecule has 112 valence electrons. The molecule has 0 unspecified atom stereocenters. The second-order valence-corrected chi connectivity index (χ2v) is 5.69. The fourth-order valence-electron chi connectivity index (χ4n) is 1.75. The number of aromatic nitrogens is 1. The molecule has 1 aromatic carbocycles. The lowest BCUT2D eigenvalue weighted by atomic mass is 10.2. The summed E-state index contributed by atoms with van der Waals surface area (Å²) in [7, 11) is 0. The molecule has 0 aliphatic carbocycles. The van der Waals surface area contributed by atoms with E-state index in [0.717, 1.165) is 10.8 Å². The molecule has 0 saturated carbocycles. The molecule has 6 heteroatoms. The molecular weight excluding hydrogens is 288 g/mol. The van der Waals surface area contributed by atoms with Crippen LogP contribution in [0.5, 0.6) is 5.75 Å². The summed E-state index contributed by atoms with van der Waals surface area (Å²) in [6, 6.07) is 7.78. The summed E-state index contributed by atoms with van der Waals surface area (Å²) in [6.07, 6.45) is 0. The lowest BCUT2D eigenvalue weighted by Gasteiger charge is -2.03. The summed E-state index contributed by atoms with van der Waals surface area (Å²) >= 11 is 1.31. The van der Waals surface area contributed by atoms with Crippen molar-refractivity contribution in [1.82, 2.24) is 10.3 Å². The third-order valence-corrected chi connectivity index (χ3v) is 3.96.